The van der Waals surface area contributed by atoms with Gasteiger partial charge in [-0.1, -0.05) is 71.2 Å². The van der Waals surface area contributed by atoms with Crippen molar-refractivity contribution in [1.29, 1.82) is 0 Å². The van der Waals surface area contributed by atoms with Crippen LogP contribution in [-0.4, -0.2) is 22.5 Å². The highest BCUT2D eigenvalue weighted by Crippen LogP contribution is 2.37. The number of hydrogen-bond acceptors (Lipinski definition) is 6. The molecule has 7 nitrogen and oxygen atoms in total. The summed E-state index contributed by atoms with van der Waals surface area (Å²) in [5.41, 5.74) is 2.19. The molecule has 2 aromatic heterocycles. The van der Waals surface area contributed by atoms with Crippen LogP contribution in [0.5, 0.6) is 11.5 Å². The summed E-state index contributed by atoms with van der Waals surface area (Å²) in [4.78, 5) is 18.3. The molecule has 0 aliphatic carbocycles. The molecule has 0 aliphatic heterocycles. The Hall–Kier alpha value is -4.30. The first-order chi connectivity index (χ1) is 20.4. The van der Waals surface area contributed by atoms with E-state index in [2.05, 4.69) is 5.10 Å². The number of benzene rings is 4. The summed E-state index contributed by atoms with van der Waals surface area (Å²) in [7, 11) is 0. The number of halogens is 3. The smallest absolute Gasteiger partial charge is 0.282 e. The van der Waals surface area contributed by atoms with Gasteiger partial charge in [0, 0.05) is 21.0 Å². The van der Waals surface area contributed by atoms with E-state index in [1.807, 2.05) is 43.3 Å². The molecule has 0 fully saturated rings. The van der Waals surface area contributed by atoms with Crippen LogP contribution in [0.1, 0.15) is 18.1 Å². The van der Waals surface area contributed by atoms with Gasteiger partial charge >= 0.3 is 0 Å². The zero-order valence-corrected chi connectivity index (χ0v) is 24.5. The predicted molar refractivity (Wildman–Crippen MR) is 168 cm³/mol. The number of rotatable bonds is 8. The normalized spacial score (nSPS) is 11.5. The molecule has 2 heterocycles. The molecule has 0 saturated carbocycles. The van der Waals surface area contributed by atoms with Crippen LogP contribution in [0.3, 0.4) is 0 Å². The number of fused-ring (bicyclic) bond motifs is 2. The Morgan fingerprint density at radius 3 is 2.55 bits per heavy atom. The first-order valence-corrected chi connectivity index (χ1v) is 14.1. The van der Waals surface area contributed by atoms with Crippen LogP contribution < -0.4 is 15.0 Å². The topological polar surface area (TPSA) is 78.9 Å². The second-order valence-electron chi connectivity index (χ2n) is 9.25. The van der Waals surface area contributed by atoms with E-state index in [1.54, 1.807) is 48.5 Å². The lowest BCUT2D eigenvalue weighted by molar-refractivity contribution is 0.269. The number of para-hydroxylation sites is 2. The van der Waals surface area contributed by atoms with Gasteiger partial charge in [0.2, 0.25) is 5.82 Å². The molecule has 6 rings (SSSR count). The molecular formula is C32H22Cl3N3O4. The SMILES string of the molecule is CCOc1cc(C=Nn2c(-c3cc4ccccc4o3)nc3ccccc3c2=O)cc(Cl)c1OCc1ccc(Cl)cc1Cl. The maximum absolute atomic E-state index is 13.6. The number of hydrogen-bond donors (Lipinski definition) is 0. The molecule has 0 amide bonds. The molecule has 0 saturated heterocycles. The van der Waals surface area contributed by atoms with Crippen molar-refractivity contribution in [3.63, 3.8) is 0 Å². The molecule has 10 heteroatoms. The molecule has 0 radical (unpaired) electrons. The number of ether oxygens (including phenoxy) is 2. The van der Waals surface area contributed by atoms with E-state index < -0.39 is 0 Å². The summed E-state index contributed by atoms with van der Waals surface area (Å²) in [6, 6.07) is 25.1. The van der Waals surface area contributed by atoms with Gasteiger partial charge in [-0.15, -0.1) is 0 Å². The fraction of sp³-hybridized carbons (Fsp3) is 0.0938. The fourth-order valence-corrected chi connectivity index (χ4v) is 5.20. The highest BCUT2D eigenvalue weighted by molar-refractivity contribution is 6.35. The largest absolute Gasteiger partial charge is 0.490 e. The molecule has 6 aromatic rings. The first-order valence-electron chi connectivity index (χ1n) is 13.0. The van der Waals surface area contributed by atoms with Gasteiger partial charge in [0.1, 0.15) is 12.2 Å². The highest BCUT2D eigenvalue weighted by Gasteiger charge is 2.17. The van der Waals surface area contributed by atoms with Crippen molar-refractivity contribution in [3.8, 4) is 23.1 Å². The number of aromatic nitrogens is 2. The van der Waals surface area contributed by atoms with E-state index in [-0.39, 0.29) is 18.0 Å². The lowest BCUT2D eigenvalue weighted by Crippen LogP contribution is -2.20. The Kier molecular flexibility index (Phi) is 7.89. The fourth-order valence-electron chi connectivity index (χ4n) is 4.46. The Balaban J connectivity index is 1.39. The third-order valence-electron chi connectivity index (χ3n) is 6.44. The average Bonchev–Trinajstić information content (AvgIpc) is 3.41. The molecule has 42 heavy (non-hydrogen) atoms. The summed E-state index contributed by atoms with van der Waals surface area (Å²) >= 11 is 19.0. The van der Waals surface area contributed by atoms with Gasteiger partial charge in [-0.3, -0.25) is 4.79 Å². The Morgan fingerprint density at radius 1 is 0.929 bits per heavy atom. The van der Waals surface area contributed by atoms with Gasteiger partial charge in [0.25, 0.3) is 5.56 Å². The lowest BCUT2D eigenvalue weighted by atomic mass is 10.2. The molecule has 0 atom stereocenters. The van der Waals surface area contributed by atoms with E-state index in [0.717, 1.165) is 10.9 Å². The van der Waals surface area contributed by atoms with Gasteiger partial charge < -0.3 is 13.9 Å². The van der Waals surface area contributed by atoms with Crippen molar-refractivity contribution in [2.24, 2.45) is 5.10 Å². The van der Waals surface area contributed by atoms with E-state index in [4.69, 9.17) is 53.7 Å². The Bertz CT molecular complexity index is 2000. The molecule has 0 N–H and O–H groups in total. The second-order valence-corrected chi connectivity index (χ2v) is 10.5. The van der Waals surface area contributed by atoms with Crippen molar-refractivity contribution in [2.75, 3.05) is 6.61 Å². The van der Waals surface area contributed by atoms with Crippen molar-refractivity contribution < 1.29 is 13.9 Å². The summed E-state index contributed by atoms with van der Waals surface area (Å²) < 4.78 is 19.1. The van der Waals surface area contributed by atoms with Crippen LogP contribution in [0.4, 0.5) is 0 Å². The minimum Gasteiger partial charge on any atom is -0.490 e. The van der Waals surface area contributed by atoms with E-state index >= 15 is 0 Å². The highest BCUT2D eigenvalue weighted by atomic mass is 35.5. The third-order valence-corrected chi connectivity index (χ3v) is 7.31. The van der Waals surface area contributed by atoms with Gasteiger partial charge in [-0.25, -0.2) is 4.98 Å². The predicted octanol–water partition coefficient (Wildman–Crippen LogP) is 8.63. The first kappa shape index (κ1) is 27.8. The summed E-state index contributed by atoms with van der Waals surface area (Å²) in [6.45, 7) is 2.38. The minimum atomic E-state index is -0.344. The standard InChI is InChI=1S/C32H22Cl3N3O4/c1-2-40-28-14-19(13-25(35)30(28)41-18-21-11-12-22(33)16-24(21)34)17-36-38-31(29-15-20-7-3-6-10-27(20)42-29)37-26-9-5-4-8-23(26)32(38)39/h3-17H,2,18H2,1H3. The molecule has 0 unspecified atom stereocenters. The van der Waals surface area contributed by atoms with Crippen molar-refractivity contribution in [3.05, 3.63) is 121 Å². The number of nitrogens with zero attached hydrogens (tertiary/aromatic N) is 3. The van der Waals surface area contributed by atoms with E-state index in [1.165, 1.54) is 10.9 Å². The molecule has 210 valence electrons. The molecular weight excluding hydrogens is 597 g/mol. The Morgan fingerprint density at radius 2 is 1.74 bits per heavy atom. The van der Waals surface area contributed by atoms with Gasteiger partial charge in [0.05, 0.1) is 28.7 Å². The third kappa shape index (κ3) is 5.59. The van der Waals surface area contributed by atoms with Crippen molar-refractivity contribution >= 4 is 62.9 Å². The van der Waals surface area contributed by atoms with Crippen LogP contribution in [0.15, 0.2) is 99.2 Å². The van der Waals surface area contributed by atoms with Crippen molar-refractivity contribution in [2.45, 2.75) is 13.5 Å². The Labute approximate surface area is 255 Å². The summed E-state index contributed by atoms with van der Waals surface area (Å²) in [6.07, 6.45) is 1.51. The van der Waals surface area contributed by atoms with Crippen LogP contribution in [-0.2, 0) is 6.61 Å². The van der Waals surface area contributed by atoms with Crippen LogP contribution in [0.2, 0.25) is 15.1 Å². The average molecular weight is 619 g/mol. The molecule has 4 aromatic carbocycles. The maximum atomic E-state index is 13.6. The quantitative estimate of drug-likeness (QED) is 0.160. The van der Waals surface area contributed by atoms with Gasteiger partial charge in [-0.2, -0.15) is 9.78 Å². The van der Waals surface area contributed by atoms with Crippen LogP contribution >= 0.6 is 34.8 Å². The maximum Gasteiger partial charge on any atom is 0.282 e. The van der Waals surface area contributed by atoms with Crippen LogP contribution in [0.25, 0.3) is 33.5 Å². The molecule has 0 aliphatic rings. The van der Waals surface area contributed by atoms with Gasteiger partial charge in [0.15, 0.2) is 17.3 Å². The van der Waals surface area contributed by atoms with E-state index in [9.17, 15) is 4.79 Å². The van der Waals surface area contributed by atoms with Crippen molar-refractivity contribution in [1.82, 2.24) is 9.66 Å². The zero-order chi connectivity index (χ0) is 29.2. The molecule has 0 bridgehead atoms. The summed E-state index contributed by atoms with van der Waals surface area (Å²) in [5.74, 6) is 1.45. The molecule has 0 spiro atoms. The number of furan rings is 1. The lowest BCUT2D eigenvalue weighted by Gasteiger charge is -2.15. The van der Waals surface area contributed by atoms with Gasteiger partial charge in [-0.05, 0) is 61.0 Å². The van der Waals surface area contributed by atoms with E-state index in [0.29, 0.717) is 61.0 Å². The zero-order valence-electron chi connectivity index (χ0n) is 22.2. The van der Waals surface area contributed by atoms with Crippen LogP contribution in [0, 0.1) is 0 Å². The monoisotopic (exact) mass is 617 g/mol. The second kappa shape index (κ2) is 11.9. The summed E-state index contributed by atoms with van der Waals surface area (Å²) in [5, 5.41) is 7.15. The minimum absolute atomic E-state index is 0.155.